The van der Waals surface area contributed by atoms with Crippen LogP contribution in [0.4, 0.5) is 0 Å². The zero-order valence-electron chi connectivity index (χ0n) is 14.0. The summed E-state index contributed by atoms with van der Waals surface area (Å²) in [4.78, 5) is 20.2. The van der Waals surface area contributed by atoms with Gasteiger partial charge in [-0.3, -0.25) is 9.89 Å². The minimum absolute atomic E-state index is 0.146. The molecular weight excluding hydrogens is 290 g/mol. The number of fused-ring (bicyclic) bond motifs is 1. The number of aromatic nitrogens is 4. The Labute approximate surface area is 134 Å². The highest BCUT2D eigenvalue weighted by Gasteiger charge is 2.20. The van der Waals surface area contributed by atoms with Crippen LogP contribution in [0.25, 0.3) is 10.9 Å². The minimum atomic E-state index is -0.263. The number of hydrogen-bond acceptors (Lipinski definition) is 3. The molecule has 0 bridgehead atoms. The number of aromatic amines is 2. The quantitative estimate of drug-likeness (QED) is 0.695. The molecule has 0 spiro atoms. The van der Waals surface area contributed by atoms with Gasteiger partial charge in [0.1, 0.15) is 11.5 Å². The Morgan fingerprint density at radius 1 is 1.17 bits per heavy atom. The van der Waals surface area contributed by atoms with Crippen LogP contribution >= 0.6 is 0 Å². The van der Waals surface area contributed by atoms with E-state index in [1.165, 1.54) is 0 Å². The van der Waals surface area contributed by atoms with Gasteiger partial charge in [0.05, 0.1) is 6.04 Å². The van der Waals surface area contributed by atoms with E-state index in [0.717, 1.165) is 33.4 Å². The summed E-state index contributed by atoms with van der Waals surface area (Å²) in [6, 6.07) is 3.88. The Kier molecular flexibility index (Phi) is 3.67. The number of carbonyl (C=O) groups excluding carboxylic acids is 1. The van der Waals surface area contributed by atoms with Gasteiger partial charge in [-0.25, -0.2) is 4.98 Å². The summed E-state index contributed by atoms with van der Waals surface area (Å²) in [7, 11) is 0. The highest BCUT2D eigenvalue weighted by atomic mass is 16.2. The van der Waals surface area contributed by atoms with E-state index in [1.54, 1.807) is 0 Å². The highest BCUT2D eigenvalue weighted by Crippen LogP contribution is 2.27. The standard InChI is InChI=1S/C17H21N5O/c1-8-6-7-9(2)14-13(8)10(3)15(20-14)17(23)18-11(4)16-19-12(5)21-22-16/h6-7,11,20H,1-5H3,(H,18,23)(H,19,21,22). The summed E-state index contributed by atoms with van der Waals surface area (Å²) < 4.78 is 0. The Hall–Kier alpha value is -2.63. The second kappa shape index (κ2) is 5.53. The van der Waals surface area contributed by atoms with Crippen LogP contribution in [-0.2, 0) is 0 Å². The maximum atomic E-state index is 12.6. The van der Waals surface area contributed by atoms with Crippen LogP contribution in [0.5, 0.6) is 0 Å². The van der Waals surface area contributed by atoms with Gasteiger partial charge in [0.15, 0.2) is 5.82 Å². The van der Waals surface area contributed by atoms with Crippen LogP contribution in [0.15, 0.2) is 12.1 Å². The molecule has 0 radical (unpaired) electrons. The average Bonchev–Trinajstić information content (AvgIpc) is 3.08. The number of amides is 1. The summed E-state index contributed by atoms with van der Waals surface area (Å²) in [5.41, 5.74) is 4.88. The normalized spacial score (nSPS) is 12.6. The number of carbonyl (C=O) groups is 1. The number of H-pyrrole nitrogens is 2. The third-order valence-corrected chi connectivity index (χ3v) is 4.20. The van der Waals surface area contributed by atoms with E-state index in [-0.39, 0.29) is 11.9 Å². The second-order valence-electron chi connectivity index (χ2n) is 6.05. The molecule has 6 nitrogen and oxygen atoms in total. The van der Waals surface area contributed by atoms with E-state index in [1.807, 2.05) is 27.7 Å². The van der Waals surface area contributed by atoms with E-state index >= 15 is 0 Å². The number of nitrogens with one attached hydrogen (secondary N) is 3. The molecule has 0 aliphatic rings. The molecule has 6 heteroatoms. The minimum Gasteiger partial charge on any atom is -0.350 e. The molecule has 1 atom stereocenters. The molecule has 2 aromatic heterocycles. The summed E-state index contributed by atoms with van der Waals surface area (Å²) in [6.45, 7) is 9.77. The van der Waals surface area contributed by atoms with Crippen molar-refractivity contribution in [1.29, 1.82) is 0 Å². The first-order valence-electron chi connectivity index (χ1n) is 7.66. The van der Waals surface area contributed by atoms with Crippen LogP contribution in [0, 0.1) is 27.7 Å². The summed E-state index contributed by atoms with van der Waals surface area (Å²) >= 11 is 0. The molecule has 3 rings (SSSR count). The van der Waals surface area contributed by atoms with Crippen LogP contribution in [0.1, 0.15) is 51.8 Å². The Morgan fingerprint density at radius 2 is 1.87 bits per heavy atom. The van der Waals surface area contributed by atoms with Crippen LogP contribution < -0.4 is 5.32 Å². The number of aryl methyl sites for hydroxylation is 4. The molecule has 120 valence electrons. The highest BCUT2D eigenvalue weighted by molar-refractivity contribution is 6.02. The molecule has 1 unspecified atom stereocenters. The fourth-order valence-electron chi connectivity index (χ4n) is 2.91. The van der Waals surface area contributed by atoms with Crippen molar-refractivity contribution in [3.63, 3.8) is 0 Å². The maximum absolute atomic E-state index is 12.6. The van der Waals surface area contributed by atoms with Crippen molar-refractivity contribution in [2.75, 3.05) is 0 Å². The zero-order valence-corrected chi connectivity index (χ0v) is 14.0. The first-order valence-corrected chi connectivity index (χ1v) is 7.66. The first kappa shape index (κ1) is 15.3. The number of nitrogens with zero attached hydrogens (tertiary/aromatic N) is 2. The molecule has 1 amide bonds. The number of rotatable bonds is 3. The van der Waals surface area contributed by atoms with E-state index < -0.39 is 0 Å². The van der Waals surface area contributed by atoms with Crippen molar-refractivity contribution in [3.8, 4) is 0 Å². The summed E-state index contributed by atoms with van der Waals surface area (Å²) in [5, 5.41) is 11.0. The molecule has 3 aromatic rings. The lowest BCUT2D eigenvalue weighted by atomic mass is 10.0. The third kappa shape index (κ3) is 2.60. The molecule has 23 heavy (non-hydrogen) atoms. The van der Waals surface area contributed by atoms with Gasteiger partial charge in [-0.1, -0.05) is 12.1 Å². The summed E-state index contributed by atoms with van der Waals surface area (Å²) in [6.07, 6.45) is 0. The molecule has 0 aliphatic carbocycles. The van der Waals surface area contributed by atoms with Crippen molar-refractivity contribution in [2.24, 2.45) is 0 Å². The predicted octanol–water partition coefficient (Wildman–Crippen LogP) is 3.01. The molecule has 0 saturated carbocycles. The lowest BCUT2D eigenvalue weighted by Gasteiger charge is -2.10. The van der Waals surface area contributed by atoms with Crippen LogP contribution in [0.3, 0.4) is 0 Å². The number of benzene rings is 1. The van der Waals surface area contributed by atoms with Crippen molar-refractivity contribution < 1.29 is 4.79 Å². The second-order valence-corrected chi connectivity index (χ2v) is 6.05. The number of hydrogen-bond donors (Lipinski definition) is 3. The average molecular weight is 311 g/mol. The van der Waals surface area contributed by atoms with Gasteiger partial charge in [-0.05, 0) is 51.3 Å². The topological polar surface area (TPSA) is 86.5 Å². The van der Waals surface area contributed by atoms with E-state index in [9.17, 15) is 4.79 Å². The third-order valence-electron chi connectivity index (χ3n) is 4.20. The molecular formula is C17H21N5O. The van der Waals surface area contributed by atoms with Crippen molar-refractivity contribution in [3.05, 3.63) is 46.2 Å². The van der Waals surface area contributed by atoms with Crippen LogP contribution in [0.2, 0.25) is 0 Å². The summed E-state index contributed by atoms with van der Waals surface area (Å²) in [5.74, 6) is 1.17. The van der Waals surface area contributed by atoms with E-state index in [0.29, 0.717) is 11.5 Å². The monoisotopic (exact) mass is 311 g/mol. The largest absolute Gasteiger partial charge is 0.350 e. The lowest BCUT2D eigenvalue weighted by molar-refractivity contribution is 0.0933. The van der Waals surface area contributed by atoms with Gasteiger partial charge in [0.25, 0.3) is 5.91 Å². The Morgan fingerprint density at radius 3 is 2.48 bits per heavy atom. The van der Waals surface area contributed by atoms with E-state index in [2.05, 4.69) is 44.5 Å². The molecule has 1 aromatic carbocycles. The smallest absolute Gasteiger partial charge is 0.268 e. The first-order chi connectivity index (χ1) is 10.9. The maximum Gasteiger partial charge on any atom is 0.268 e. The lowest BCUT2D eigenvalue weighted by Crippen LogP contribution is -2.28. The van der Waals surface area contributed by atoms with Gasteiger partial charge in [-0.2, -0.15) is 5.10 Å². The molecule has 0 aliphatic heterocycles. The molecule has 0 saturated heterocycles. The van der Waals surface area contributed by atoms with E-state index in [4.69, 9.17) is 0 Å². The molecule has 0 fully saturated rings. The fourth-order valence-corrected chi connectivity index (χ4v) is 2.91. The van der Waals surface area contributed by atoms with Gasteiger partial charge in [0, 0.05) is 10.9 Å². The fraction of sp³-hybridized carbons (Fsp3) is 0.353. The van der Waals surface area contributed by atoms with Crippen molar-refractivity contribution in [2.45, 2.75) is 40.7 Å². The molecule has 3 N–H and O–H groups in total. The van der Waals surface area contributed by atoms with Crippen molar-refractivity contribution in [1.82, 2.24) is 25.5 Å². The SMILES string of the molecule is Cc1nc(C(C)NC(=O)c2[nH]c3c(C)ccc(C)c3c2C)n[nH]1. The van der Waals surface area contributed by atoms with Crippen LogP contribution in [-0.4, -0.2) is 26.1 Å². The molecule has 2 heterocycles. The Bertz CT molecular complexity index is 890. The van der Waals surface area contributed by atoms with Crippen molar-refractivity contribution >= 4 is 16.8 Å². The zero-order chi connectivity index (χ0) is 16.7. The van der Waals surface area contributed by atoms with Gasteiger partial charge >= 0.3 is 0 Å². The van der Waals surface area contributed by atoms with Gasteiger partial charge in [0.2, 0.25) is 0 Å². The Balaban J connectivity index is 1.94. The van der Waals surface area contributed by atoms with Gasteiger partial charge in [-0.15, -0.1) is 0 Å². The predicted molar refractivity (Wildman–Crippen MR) is 89.5 cm³/mol. The van der Waals surface area contributed by atoms with Gasteiger partial charge < -0.3 is 10.3 Å².